The van der Waals surface area contributed by atoms with Gasteiger partial charge in [0.15, 0.2) is 0 Å². The van der Waals surface area contributed by atoms with Gasteiger partial charge in [-0.15, -0.1) is 0 Å². The van der Waals surface area contributed by atoms with Gasteiger partial charge in [0, 0.05) is 0 Å². The lowest BCUT2D eigenvalue weighted by molar-refractivity contribution is 0.580. The van der Waals surface area contributed by atoms with Gasteiger partial charge in [-0.2, -0.15) is 0 Å². The molecule has 0 nitrogen and oxygen atoms in total. The number of allylic oxidation sites excluding steroid dienone is 4. The number of hydrogen-bond acceptors (Lipinski definition) is 0. The summed E-state index contributed by atoms with van der Waals surface area (Å²) in [6.45, 7) is 23.3. The van der Waals surface area contributed by atoms with Crippen molar-refractivity contribution in [1.82, 2.24) is 0 Å². The van der Waals surface area contributed by atoms with E-state index in [1.807, 2.05) is 0 Å². The molecule has 0 saturated carbocycles. The summed E-state index contributed by atoms with van der Waals surface area (Å²) in [6, 6.07) is 26.4. The van der Waals surface area contributed by atoms with Crippen molar-refractivity contribution >= 4 is 0 Å². The fourth-order valence-electron chi connectivity index (χ4n) is 8.03. The van der Waals surface area contributed by atoms with Crippen LogP contribution in [-0.4, -0.2) is 0 Å². The molecule has 43 heavy (non-hydrogen) atoms. The quantitative estimate of drug-likeness (QED) is 0.190. The summed E-state index contributed by atoms with van der Waals surface area (Å²) in [5, 5.41) is 0. The molecule has 0 heterocycles. The lowest BCUT2D eigenvalue weighted by Crippen LogP contribution is -2.35. The summed E-state index contributed by atoms with van der Waals surface area (Å²) in [5.41, 5.74) is 19.5. The maximum Gasteiger partial charge on any atom is 0.0673 e. The van der Waals surface area contributed by atoms with E-state index in [0.29, 0.717) is 0 Å². The Bertz CT molecular complexity index is 1730. The van der Waals surface area contributed by atoms with Crippen molar-refractivity contribution in [2.75, 3.05) is 0 Å². The van der Waals surface area contributed by atoms with Gasteiger partial charge in [-0.25, -0.2) is 0 Å². The Labute approximate surface area is 260 Å². The van der Waals surface area contributed by atoms with Crippen LogP contribution in [0.25, 0.3) is 11.1 Å². The van der Waals surface area contributed by atoms with Crippen molar-refractivity contribution in [3.63, 3.8) is 0 Å². The molecule has 0 atom stereocenters. The molecular formula is C43H48. The molecule has 0 saturated heterocycles. The van der Waals surface area contributed by atoms with Crippen LogP contribution in [0.2, 0.25) is 0 Å². The lowest BCUT2D eigenvalue weighted by Gasteiger charge is -2.42. The van der Waals surface area contributed by atoms with Crippen molar-refractivity contribution in [3.8, 4) is 11.1 Å². The maximum absolute atomic E-state index is 2.55. The molecule has 0 aliphatic heterocycles. The molecule has 0 spiro atoms. The van der Waals surface area contributed by atoms with Gasteiger partial charge < -0.3 is 0 Å². The van der Waals surface area contributed by atoms with Crippen LogP contribution in [0.1, 0.15) is 109 Å². The highest BCUT2D eigenvalue weighted by Gasteiger charge is 2.45. The Morgan fingerprint density at radius 2 is 1.14 bits per heavy atom. The van der Waals surface area contributed by atoms with Crippen LogP contribution in [0.15, 0.2) is 90.5 Å². The Balaban J connectivity index is 1.80. The van der Waals surface area contributed by atoms with E-state index in [2.05, 4.69) is 154 Å². The fourth-order valence-corrected chi connectivity index (χ4v) is 8.03. The summed E-state index contributed by atoms with van der Waals surface area (Å²) < 4.78 is 0. The van der Waals surface area contributed by atoms with Gasteiger partial charge in [0.1, 0.15) is 0 Å². The number of benzene rings is 4. The van der Waals surface area contributed by atoms with Gasteiger partial charge in [0.25, 0.3) is 0 Å². The Morgan fingerprint density at radius 3 is 1.63 bits per heavy atom. The molecular weight excluding hydrogens is 516 g/mol. The average molecular weight is 565 g/mol. The second-order valence-corrected chi connectivity index (χ2v) is 15.3. The average Bonchev–Trinajstić information content (AvgIpc) is 3.58. The van der Waals surface area contributed by atoms with Crippen molar-refractivity contribution in [1.29, 1.82) is 0 Å². The Hall–Kier alpha value is -3.64. The van der Waals surface area contributed by atoms with Crippen molar-refractivity contribution in [2.45, 2.75) is 98.3 Å². The summed E-state index contributed by atoms with van der Waals surface area (Å²) >= 11 is 0. The first-order chi connectivity index (χ1) is 20.2. The standard InChI is InChI=1S/C43H48/c1-27-15-19-33(20-16-27)43(32-13-11-12-14-32,34-21-17-28(2)18-22-34)40-30(4)39(42(8,9)10)26-36-35-25-38(41(5,6)7)29(3)23-31(35)24-37(36)40/h11-13,15-23,25-26H,14,24H2,1-10H3. The molecule has 0 aromatic heterocycles. The van der Waals surface area contributed by atoms with Gasteiger partial charge >= 0.3 is 0 Å². The highest BCUT2D eigenvalue weighted by atomic mass is 14.5. The summed E-state index contributed by atoms with van der Waals surface area (Å²) in [5.74, 6) is 0. The highest BCUT2D eigenvalue weighted by molar-refractivity contribution is 5.83. The minimum absolute atomic E-state index is 0.00275. The molecule has 220 valence electrons. The molecule has 0 fully saturated rings. The van der Waals surface area contributed by atoms with Crippen LogP contribution < -0.4 is 0 Å². The van der Waals surface area contributed by atoms with E-state index in [1.165, 1.54) is 77.9 Å². The molecule has 0 heteroatoms. The zero-order valence-electron chi connectivity index (χ0n) is 28.0. The van der Waals surface area contributed by atoms with E-state index in [-0.39, 0.29) is 10.8 Å². The highest BCUT2D eigenvalue weighted by Crippen LogP contribution is 2.55. The van der Waals surface area contributed by atoms with Crippen molar-refractivity contribution < 1.29 is 0 Å². The van der Waals surface area contributed by atoms with Gasteiger partial charge in [-0.3, -0.25) is 0 Å². The SMILES string of the molecule is Cc1ccc(C(C2=CC=CC2)(c2ccc(C)cc2)c2c(C)c(C(C)(C)C)cc3c2Cc2cc(C)c(C(C)(C)C)cc2-3)cc1. The summed E-state index contributed by atoms with van der Waals surface area (Å²) in [7, 11) is 0. The van der Waals surface area contributed by atoms with Crippen LogP contribution in [0.4, 0.5) is 0 Å². The first-order valence-corrected chi connectivity index (χ1v) is 16.0. The molecule has 4 aromatic carbocycles. The minimum Gasteiger partial charge on any atom is -0.0804 e. The largest absolute Gasteiger partial charge is 0.0804 e. The van der Waals surface area contributed by atoms with Crippen LogP contribution in [0.3, 0.4) is 0 Å². The summed E-state index contributed by atoms with van der Waals surface area (Å²) in [4.78, 5) is 0. The smallest absolute Gasteiger partial charge is 0.0673 e. The Kier molecular flexibility index (Phi) is 7.00. The van der Waals surface area contributed by atoms with Crippen LogP contribution in [0.5, 0.6) is 0 Å². The zero-order chi connectivity index (χ0) is 30.9. The monoisotopic (exact) mass is 564 g/mol. The third-order valence-electron chi connectivity index (χ3n) is 10.0. The third-order valence-corrected chi connectivity index (χ3v) is 10.0. The molecule has 0 amide bonds. The first-order valence-electron chi connectivity index (χ1n) is 16.0. The fraction of sp³-hybridized carbons (Fsp3) is 0.349. The van der Waals surface area contributed by atoms with Gasteiger partial charge in [0.2, 0.25) is 0 Å². The normalized spacial score (nSPS) is 14.6. The topological polar surface area (TPSA) is 0 Å². The molecule has 2 aliphatic carbocycles. The van der Waals surface area contributed by atoms with E-state index < -0.39 is 5.41 Å². The van der Waals surface area contributed by atoms with Crippen LogP contribution >= 0.6 is 0 Å². The molecule has 0 unspecified atom stereocenters. The zero-order valence-corrected chi connectivity index (χ0v) is 28.0. The van der Waals surface area contributed by atoms with E-state index in [4.69, 9.17) is 0 Å². The van der Waals surface area contributed by atoms with Crippen LogP contribution in [0, 0.1) is 27.7 Å². The Morgan fingerprint density at radius 1 is 0.605 bits per heavy atom. The first kappa shape index (κ1) is 29.4. The number of aryl methyl sites for hydroxylation is 3. The maximum atomic E-state index is 2.55. The molecule has 0 bridgehead atoms. The van der Waals surface area contributed by atoms with E-state index in [0.717, 1.165) is 12.8 Å². The van der Waals surface area contributed by atoms with Crippen molar-refractivity contribution in [3.05, 3.63) is 152 Å². The predicted molar refractivity (Wildman–Crippen MR) is 186 cm³/mol. The summed E-state index contributed by atoms with van der Waals surface area (Å²) in [6.07, 6.45) is 8.93. The van der Waals surface area contributed by atoms with E-state index in [9.17, 15) is 0 Å². The molecule has 4 aromatic rings. The number of rotatable bonds is 4. The number of hydrogen-bond donors (Lipinski definition) is 0. The second-order valence-electron chi connectivity index (χ2n) is 15.3. The van der Waals surface area contributed by atoms with Gasteiger partial charge in [-0.1, -0.05) is 138 Å². The molecule has 6 rings (SSSR count). The molecule has 2 aliphatic rings. The molecule has 0 N–H and O–H groups in total. The predicted octanol–water partition coefficient (Wildman–Crippen LogP) is 11.3. The van der Waals surface area contributed by atoms with E-state index >= 15 is 0 Å². The van der Waals surface area contributed by atoms with E-state index in [1.54, 1.807) is 0 Å². The lowest BCUT2D eigenvalue weighted by atomic mass is 9.60. The molecule has 0 radical (unpaired) electrons. The van der Waals surface area contributed by atoms with Gasteiger partial charge in [0.05, 0.1) is 5.41 Å². The minimum atomic E-state index is -0.399. The van der Waals surface area contributed by atoms with Crippen molar-refractivity contribution in [2.24, 2.45) is 0 Å². The second kappa shape index (κ2) is 10.2. The van der Waals surface area contributed by atoms with Crippen LogP contribution in [-0.2, 0) is 22.7 Å². The number of fused-ring (bicyclic) bond motifs is 3. The van der Waals surface area contributed by atoms with Gasteiger partial charge in [-0.05, 0) is 118 Å². The third kappa shape index (κ3) is 4.75.